The average Bonchev–Trinajstić information content (AvgIpc) is 2.77. The molecule has 5 heteroatoms. The molecule has 4 nitrogen and oxygen atoms in total. The van der Waals surface area contributed by atoms with Crippen molar-refractivity contribution in [1.29, 1.82) is 0 Å². The third kappa shape index (κ3) is 2.66. The van der Waals surface area contributed by atoms with Crippen molar-refractivity contribution in [3.8, 4) is 0 Å². The van der Waals surface area contributed by atoms with Crippen molar-refractivity contribution in [3.63, 3.8) is 0 Å². The number of rotatable bonds is 4. The highest BCUT2D eigenvalue weighted by Gasteiger charge is 2.07. The predicted octanol–water partition coefficient (Wildman–Crippen LogP) is 1.95. The summed E-state index contributed by atoms with van der Waals surface area (Å²) in [6, 6.07) is 3.69. The smallest absolute Gasteiger partial charge is 0.309 e. The largest absolute Gasteiger partial charge is 0.481 e. The summed E-state index contributed by atoms with van der Waals surface area (Å²) in [5, 5.41) is 11.2. The Hall–Kier alpha value is -1.62. The number of carboxylic acid groups (broad SMARTS) is 1. The van der Waals surface area contributed by atoms with Crippen LogP contribution in [0.4, 0.5) is 0 Å². The van der Waals surface area contributed by atoms with Crippen LogP contribution in [0.2, 0.25) is 0 Å². The Bertz CT molecular complexity index is 447. The van der Waals surface area contributed by atoms with E-state index in [9.17, 15) is 4.79 Å². The molecule has 1 N–H and O–H groups in total. The number of hydrogen-bond donors (Lipinski definition) is 1. The van der Waals surface area contributed by atoms with Crippen LogP contribution in [0.5, 0.6) is 0 Å². The number of aliphatic carboxylic acids is 1. The number of nitrogens with zero attached hydrogens (tertiary/aromatic N) is 1. The second kappa shape index (κ2) is 4.27. The predicted molar refractivity (Wildman–Crippen MR) is 55.0 cm³/mol. The molecule has 2 aromatic rings. The van der Waals surface area contributed by atoms with Gasteiger partial charge in [0.1, 0.15) is 10.8 Å². The molecule has 0 saturated heterocycles. The van der Waals surface area contributed by atoms with Crippen molar-refractivity contribution in [2.24, 2.45) is 0 Å². The minimum absolute atomic E-state index is 0.0192. The summed E-state index contributed by atoms with van der Waals surface area (Å²) in [7, 11) is 0. The van der Waals surface area contributed by atoms with Gasteiger partial charge in [0.15, 0.2) is 0 Å². The van der Waals surface area contributed by atoms with Crippen LogP contribution in [0.1, 0.15) is 16.5 Å². The van der Waals surface area contributed by atoms with Crippen molar-refractivity contribution in [1.82, 2.24) is 4.98 Å². The number of furan rings is 1. The molecule has 2 rings (SSSR count). The first-order valence-corrected chi connectivity index (χ1v) is 5.29. The number of thiazole rings is 1. The van der Waals surface area contributed by atoms with Crippen LogP contribution in [0.25, 0.3) is 0 Å². The summed E-state index contributed by atoms with van der Waals surface area (Å²) >= 11 is 1.46. The molecule has 0 spiro atoms. The lowest BCUT2D eigenvalue weighted by Gasteiger charge is -1.90. The Kier molecular flexibility index (Phi) is 2.82. The molecule has 0 aliphatic carbocycles. The van der Waals surface area contributed by atoms with E-state index in [1.54, 1.807) is 11.6 Å². The fraction of sp³-hybridized carbons (Fsp3) is 0.200. The van der Waals surface area contributed by atoms with E-state index in [4.69, 9.17) is 9.52 Å². The van der Waals surface area contributed by atoms with E-state index >= 15 is 0 Å². The van der Waals surface area contributed by atoms with Gasteiger partial charge in [-0.2, -0.15) is 0 Å². The SMILES string of the molecule is O=C(O)Cc1csc(Cc2ccco2)n1. The molecule has 0 bridgehead atoms. The van der Waals surface area contributed by atoms with Gasteiger partial charge in [-0.25, -0.2) is 4.98 Å². The lowest BCUT2D eigenvalue weighted by atomic mass is 10.3. The summed E-state index contributed by atoms with van der Waals surface area (Å²) in [5.74, 6) is -0.0175. The Morgan fingerprint density at radius 1 is 1.60 bits per heavy atom. The standard InChI is InChI=1S/C10H9NO3S/c12-10(13)4-7-6-15-9(11-7)5-8-2-1-3-14-8/h1-3,6H,4-5H2,(H,12,13). The van der Waals surface area contributed by atoms with Crippen LogP contribution >= 0.6 is 11.3 Å². The average molecular weight is 223 g/mol. The van der Waals surface area contributed by atoms with Crippen molar-refractivity contribution < 1.29 is 14.3 Å². The van der Waals surface area contributed by atoms with E-state index in [1.165, 1.54) is 11.3 Å². The van der Waals surface area contributed by atoms with Gasteiger partial charge in [0.05, 0.1) is 24.8 Å². The molecule has 0 radical (unpaired) electrons. The minimum atomic E-state index is -0.857. The first-order chi connectivity index (χ1) is 7.24. The first kappa shape index (κ1) is 9.92. The molecule has 0 saturated carbocycles. The quantitative estimate of drug-likeness (QED) is 0.860. The minimum Gasteiger partial charge on any atom is -0.481 e. The third-order valence-corrected chi connectivity index (χ3v) is 2.73. The lowest BCUT2D eigenvalue weighted by Crippen LogP contribution is -2.00. The zero-order valence-electron chi connectivity index (χ0n) is 7.84. The van der Waals surface area contributed by atoms with Crippen LogP contribution in [0.3, 0.4) is 0 Å². The Balaban J connectivity index is 2.04. The van der Waals surface area contributed by atoms with E-state index < -0.39 is 5.97 Å². The topological polar surface area (TPSA) is 63.3 Å². The first-order valence-electron chi connectivity index (χ1n) is 4.41. The molecule has 2 heterocycles. The number of aromatic nitrogens is 1. The fourth-order valence-electron chi connectivity index (χ4n) is 1.23. The molecule has 0 atom stereocenters. The van der Waals surface area contributed by atoms with Gasteiger partial charge in [-0.3, -0.25) is 4.79 Å². The molecule has 0 aliphatic heterocycles. The van der Waals surface area contributed by atoms with Crippen LogP contribution < -0.4 is 0 Å². The summed E-state index contributed by atoms with van der Waals surface area (Å²) < 4.78 is 5.18. The number of carboxylic acids is 1. The third-order valence-electron chi connectivity index (χ3n) is 1.84. The summed E-state index contributed by atoms with van der Waals surface area (Å²) in [6.07, 6.45) is 2.22. The van der Waals surface area contributed by atoms with Crippen molar-refractivity contribution in [2.75, 3.05) is 0 Å². The highest BCUT2D eigenvalue weighted by atomic mass is 32.1. The van der Waals surface area contributed by atoms with E-state index in [-0.39, 0.29) is 6.42 Å². The maximum absolute atomic E-state index is 10.4. The zero-order chi connectivity index (χ0) is 10.7. The van der Waals surface area contributed by atoms with E-state index in [0.29, 0.717) is 12.1 Å². The number of hydrogen-bond acceptors (Lipinski definition) is 4. The molecule has 2 aromatic heterocycles. The zero-order valence-corrected chi connectivity index (χ0v) is 8.66. The van der Waals surface area contributed by atoms with Gasteiger partial charge in [0, 0.05) is 5.38 Å². The van der Waals surface area contributed by atoms with Gasteiger partial charge in [-0.15, -0.1) is 11.3 Å². The maximum atomic E-state index is 10.4. The molecule has 0 aromatic carbocycles. The monoisotopic (exact) mass is 223 g/mol. The van der Waals surface area contributed by atoms with E-state index in [2.05, 4.69) is 4.98 Å². The summed E-state index contributed by atoms with van der Waals surface area (Å²) in [5.41, 5.74) is 0.606. The van der Waals surface area contributed by atoms with Crippen molar-refractivity contribution in [3.05, 3.63) is 40.2 Å². The Morgan fingerprint density at radius 2 is 2.47 bits per heavy atom. The second-order valence-corrected chi connectivity index (χ2v) is 4.00. The number of carbonyl (C=O) groups is 1. The van der Waals surface area contributed by atoms with Crippen LogP contribution in [-0.4, -0.2) is 16.1 Å². The molecular weight excluding hydrogens is 214 g/mol. The molecular formula is C10H9NO3S. The fourth-order valence-corrected chi connectivity index (χ4v) is 2.03. The molecule has 0 unspecified atom stereocenters. The normalized spacial score (nSPS) is 10.4. The van der Waals surface area contributed by atoms with Crippen molar-refractivity contribution in [2.45, 2.75) is 12.8 Å². The van der Waals surface area contributed by atoms with Gasteiger partial charge in [-0.1, -0.05) is 0 Å². The van der Waals surface area contributed by atoms with E-state index in [0.717, 1.165) is 10.8 Å². The highest BCUT2D eigenvalue weighted by molar-refractivity contribution is 7.09. The lowest BCUT2D eigenvalue weighted by molar-refractivity contribution is -0.136. The van der Waals surface area contributed by atoms with Crippen LogP contribution in [-0.2, 0) is 17.6 Å². The van der Waals surface area contributed by atoms with Crippen molar-refractivity contribution >= 4 is 17.3 Å². The van der Waals surface area contributed by atoms with Gasteiger partial charge < -0.3 is 9.52 Å². The molecule has 0 fully saturated rings. The van der Waals surface area contributed by atoms with Gasteiger partial charge in [0.2, 0.25) is 0 Å². The maximum Gasteiger partial charge on any atom is 0.309 e. The van der Waals surface area contributed by atoms with E-state index in [1.807, 2.05) is 12.1 Å². The second-order valence-electron chi connectivity index (χ2n) is 3.06. The van der Waals surface area contributed by atoms with Gasteiger partial charge in [0.25, 0.3) is 0 Å². The molecule has 0 amide bonds. The Labute approximate surface area is 90.2 Å². The summed E-state index contributed by atoms with van der Waals surface area (Å²) in [4.78, 5) is 14.6. The molecule has 15 heavy (non-hydrogen) atoms. The van der Waals surface area contributed by atoms with Crippen LogP contribution in [0.15, 0.2) is 28.2 Å². The van der Waals surface area contributed by atoms with Gasteiger partial charge in [-0.05, 0) is 12.1 Å². The highest BCUT2D eigenvalue weighted by Crippen LogP contribution is 2.15. The Morgan fingerprint density at radius 3 is 3.13 bits per heavy atom. The molecule has 0 aliphatic rings. The van der Waals surface area contributed by atoms with Gasteiger partial charge >= 0.3 is 5.97 Å². The molecule has 78 valence electrons. The van der Waals surface area contributed by atoms with Crippen LogP contribution in [0, 0.1) is 0 Å². The summed E-state index contributed by atoms with van der Waals surface area (Å²) in [6.45, 7) is 0.